The Morgan fingerprint density at radius 1 is 1.22 bits per heavy atom. The van der Waals surface area contributed by atoms with Crippen LogP contribution >= 0.6 is 11.3 Å². The van der Waals surface area contributed by atoms with E-state index < -0.39 is 0 Å². The minimum atomic E-state index is -0.374. The van der Waals surface area contributed by atoms with Crippen molar-refractivity contribution in [2.24, 2.45) is 5.92 Å². The number of carbonyl (C=O) groups is 2. The third-order valence-electron chi connectivity index (χ3n) is 5.66. The summed E-state index contributed by atoms with van der Waals surface area (Å²) in [5, 5.41) is 4.92. The van der Waals surface area contributed by atoms with Crippen molar-refractivity contribution in [2.75, 3.05) is 6.61 Å². The average Bonchev–Trinajstić information content (AvgIpc) is 3.09. The SMILES string of the molecule is C[C@H]1CCc2c(C(=O)OCC(=O)N[C@@H]3CCCc4ccccc43)csc2C1. The maximum atomic E-state index is 12.5. The smallest absolute Gasteiger partial charge is 0.339 e. The molecule has 2 aromatic rings. The zero-order valence-electron chi connectivity index (χ0n) is 15.6. The third kappa shape index (κ3) is 3.93. The number of aryl methyl sites for hydroxylation is 1. The molecule has 2 aliphatic rings. The Morgan fingerprint density at radius 2 is 2.07 bits per heavy atom. The van der Waals surface area contributed by atoms with Crippen LogP contribution in [0.1, 0.15) is 64.2 Å². The molecule has 0 saturated carbocycles. The number of carbonyl (C=O) groups excluding carboxylic acids is 2. The van der Waals surface area contributed by atoms with Gasteiger partial charge in [-0.2, -0.15) is 0 Å². The first-order valence-electron chi connectivity index (χ1n) is 9.75. The van der Waals surface area contributed by atoms with Gasteiger partial charge in [-0.15, -0.1) is 11.3 Å². The fraction of sp³-hybridized carbons (Fsp3) is 0.455. The molecule has 4 nitrogen and oxygen atoms in total. The van der Waals surface area contributed by atoms with Crippen molar-refractivity contribution in [1.82, 2.24) is 5.32 Å². The Labute approximate surface area is 163 Å². The fourth-order valence-electron chi connectivity index (χ4n) is 4.20. The second-order valence-electron chi connectivity index (χ2n) is 7.69. The summed E-state index contributed by atoms with van der Waals surface area (Å²) in [4.78, 5) is 26.1. The molecule has 142 valence electrons. The quantitative estimate of drug-likeness (QED) is 0.804. The van der Waals surface area contributed by atoms with E-state index in [2.05, 4.69) is 24.4 Å². The Kier molecular flexibility index (Phi) is 5.30. The second-order valence-corrected chi connectivity index (χ2v) is 8.65. The monoisotopic (exact) mass is 383 g/mol. The molecule has 0 fully saturated rings. The highest BCUT2D eigenvalue weighted by Crippen LogP contribution is 2.33. The van der Waals surface area contributed by atoms with E-state index in [1.807, 2.05) is 17.5 Å². The molecule has 1 heterocycles. The lowest BCUT2D eigenvalue weighted by Crippen LogP contribution is -2.34. The normalized spacial score (nSPS) is 21.1. The second kappa shape index (κ2) is 7.85. The number of amides is 1. The number of rotatable bonds is 4. The molecule has 27 heavy (non-hydrogen) atoms. The standard InChI is InChI=1S/C22H25NO3S/c1-14-9-10-17-18(13-27-20(17)11-14)22(25)26-12-21(24)23-19-8-4-6-15-5-2-3-7-16(15)19/h2-3,5,7,13-14,19H,4,6,8-12H2,1H3,(H,23,24)/t14-,19+/m0/s1. The third-order valence-corrected chi connectivity index (χ3v) is 6.71. The summed E-state index contributed by atoms with van der Waals surface area (Å²) in [5.41, 5.74) is 4.26. The van der Waals surface area contributed by atoms with Gasteiger partial charge in [-0.1, -0.05) is 31.2 Å². The van der Waals surface area contributed by atoms with Gasteiger partial charge in [0.15, 0.2) is 6.61 Å². The lowest BCUT2D eigenvalue weighted by molar-refractivity contribution is -0.125. The van der Waals surface area contributed by atoms with Gasteiger partial charge in [0.2, 0.25) is 0 Å². The van der Waals surface area contributed by atoms with Crippen LogP contribution in [0.3, 0.4) is 0 Å². The van der Waals surface area contributed by atoms with E-state index in [-0.39, 0.29) is 24.5 Å². The summed E-state index contributed by atoms with van der Waals surface area (Å²) in [7, 11) is 0. The number of hydrogen-bond donors (Lipinski definition) is 1. The van der Waals surface area contributed by atoms with E-state index in [1.165, 1.54) is 16.0 Å². The topological polar surface area (TPSA) is 55.4 Å². The lowest BCUT2D eigenvalue weighted by atomic mass is 9.88. The van der Waals surface area contributed by atoms with E-state index in [0.717, 1.165) is 44.1 Å². The number of ether oxygens (including phenoxy) is 1. The van der Waals surface area contributed by atoms with E-state index in [9.17, 15) is 9.59 Å². The van der Waals surface area contributed by atoms with Crippen molar-refractivity contribution >= 4 is 23.2 Å². The van der Waals surface area contributed by atoms with Crippen LogP contribution in [0.2, 0.25) is 0 Å². The molecular weight excluding hydrogens is 358 g/mol. The summed E-state index contributed by atoms with van der Waals surface area (Å²) in [5.74, 6) is 0.0631. The van der Waals surface area contributed by atoms with Gasteiger partial charge in [0.1, 0.15) is 0 Å². The highest BCUT2D eigenvalue weighted by Gasteiger charge is 2.25. The largest absolute Gasteiger partial charge is 0.452 e. The molecule has 4 rings (SSSR count). The van der Waals surface area contributed by atoms with Crippen LogP contribution in [0.25, 0.3) is 0 Å². The zero-order valence-corrected chi connectivity index (χ0v) is 16.4. The molecule has 2 aliphatic carbocycles. The molecule has 0 aliphatic heterocycles. The Hall–Kier alpha value is -2.14. The summed E-state index contributed by atoms with van der Waals surface area (Å²) >= 11 is 1.64. The van der Waals surface area contributed by atoms with Gasteiger partial charge in [-0.3, -0.25) is 4.79 Å². The van der Waals surface area contributed by atoms with Crippen molar-refractivity contribution < 1.29 is 14.3 Å². The first kappa shape index (κ1) is 18.2. The van der Waals surface area contributed by atoms with Crippen LogP contribution in [0.15, 0.2) is 29.6 Å². The Balaban J connectivity index is 1.34. The molecule has 0 unspecified atom stereocenters. The summed E-state index contributed by atoms with van der Waals surface area (Å²) in [6.45, 7) is 2.02. The molecule has 0 spiro atoms. The molecule has 0 radical (unpaired) electrons. The summed E-state index contributed by atoms with van der Waals surface area (Å²) < 4.78 is 5.33. The maximum Gasteiger partial charge on any atom is 0.339 e. The number of fused-ring (bicyclic) bond motifs is 2. The number of thiophene rings is 1. The van der Waals surface area contributed by atoms with E-state index in [0.29, 0.717) is 11.5 Å². The number of benzene rings is 1. The minimum Gasteiger partial charge on any atom is -0.452 e. The van der Waals surface area contributed by atoms with Crippen molar-refractivity contribution in [2.45, 2.75) is 51.5 Å². The van der Waals surface area contributed by atoms with Crippen LogP contribution in [0, 0.1) is 5.92 Å². The van der Waals surface area contributed by atoms with Gasteiger partial charge in [0.05, 0.1) is 11.6 Å². The van der Waals surface area contributed by atoms with Crippen LogP contribution < -0.4 is 5.32 Å². The highest BCUT2D eigenvalue weighted by atomic mass is 32.1. The van der Waals surface area contributed by atoms with Gasteiger partial charge in [-0.25, -0.2) is 4.79 Å². The lowest BCUT2D eigenvalue weighted by Gasteiger charge is -2.26. The number of nitrogens with one attached hydrogen (secondary N) is 1. The van der Waals surface area contributed by atoms with Gasteiger partial charge in [0, 0.05) is 10.3 Å². The van der Waals surface area contributed by atoms with Crippen molar-refractivity contribution in [3.63, 3.8) is 0 Å². The van der Waals surface area contributed by atoms with E-state index in [4.69, 9.17) is 4.74 Å². The maximum absolute atomic E-state index is 12.5. The fourth-order valence-corrected chi connectivity index (χ4v) is 5.43. The molecule has 1 amide bonds. The molecule has 5 heteroatoms. The molecule has 2 atom stereocenters. The van der Waals surface area contributed by atoms with Crippen LogP contribution in [0.4, 0.5) is 0 Å². The first-order valence-corrected chi connectivity index (χ1v) is 10.6. The van der Waals surface area contributed by atoms with Crippen LogP contribution in [-0.4, -0.2) is 18.5 Å². The average molecular weight is 384 g/mol. The van der Waals surface area contributed by atoms with Crippen LogP contribution in [-0.2, 0) is 28.8 Å². The van der Waals surface area contributed by atoms with Crippen molar-refractivity contribution in [3.8, 4) is 0 Å². The Morgan fingerprint density at radius 3 is 2.96 bits per heavy atom. The van der Waals surface area contributed by atoms with Crippen molar-refractivity contribution in [1.29, 1.82) is 0 Å². The number of hydrogen-bond acceptors (Lipinski definition) is 4. The predicted octanol–water partition coefficient (Wildman–Crippen LogP) is 4.22. The van der Waals surface area contributed by atoms with Gasteiger partial charge >= 0.3 is 5.97 Å². The molecule has 1 aromatic heterocycles. The van der Waals surface area contributed by atoms with Gasteiger partial charge in [-0.05, 0) is 61.1 Å². The van der Waals surface area contributed by atoms with E-state index in [1.54, 1.807) is 11.3 Å². The number of esters is 1. The molecular formula is C22H25NO3S. The van der Waals surface area contributed by atoms with Gasteiger partial charge in [0.25, 0.3) is 5.91 Å². The first-order chi connectivity index (χ1) is 13.1. The summed E-state index contributed by atoms with van der Waals surface area (Å²) in [6, 6.07) is 8.24. The molecule has 1 N–H and O–H groups in total. The molecule has 1 aromatic carbocycles. The Bertz CT molecular complexity index is 857. The molecule has 0 saturated heterocycles. The zero-order chi connectivity index (χ0) is 18.8. The summed E-state index contributed by atoms with van der Waals surface area (Å²) in [6.07, 6.45) is 6.10. The van der Waals surface area contributed by atoms with Crippen molar-refractivity contribution in [3.05, 3.63) is 56.8 Å². The van der Waals surface area contributed by atoms with Gasteiger partial charge < -0.3 is 10.1 Å². The molecule has 0 bridgehead atoms. The van der Waals surface area contributed by atoms with E-state index >= 15 is 0 Å². The van der Waals surface area contributed by atoms with Crippen LogP contribution in [0.5, 0.6) is 0 Å². The minimum absolute atomic E-state index is 0.0107. The predicted molar refractivity (Wildman–Crippen MR) is 106 cm³/mol. The highest BCUT2D eigenvalue weighted by molar-refractivity contribution is 7.10.